The lowest BCUT2D eigenvalue weighted by Crippen LogP contribution is -2.31. The summed E-state index contributed by atoms with van der Waals surface area (Å²) in [7, 11) is 0. The molecule has 1 N–H and O–H groups in total. The number of carbonyl (C=O) groups excluding carboxylic acids is 1. The molecule has 1 aromatic heterocycles. The van der Waals surface area contributed by atoms with Gasteiger partial charge in [0.15, 0.2) is 12.4 Å². The maximum atomic E-state index is 13.0. The van der Waals surface area contributed by atoms with Crippen LogP contribution in [0.3, 0.4) is 0 Å². The van der Waals surface area contributed by atoms with Gasteiger partial charge in [0.2, 0.25) is 0 Å². The number of rotatable bonds is 7. The predicted octanol–water partition coefficient (Wildman–Crippen LogP) is 4.21. The summed E-state index contributed by atoms with van der Waals surface area (Å²) < 4.78 is 23.3. The largest absolute Gasteiger partial charge is 0.439 e. The van der Waals surface area contributed by atoms with Gasteiger partial charge < -0.3 is 10.1 Å². The minimum absolute atomic E-state index is 0.0833. The zero-order chi connectivity index (χ0) is 20.9. The van der Waals surface area contributed by atoms with E-state index in [0.717, 1.165) is 21.9 Å². The number of halogens is 1. The number of amides is 1. The Morgan fingerprint density at radius 3 is 2.70 bits per heavy atom. The Hall–Kier alpha value is -3.74. The molecule has 0 bridgehead atoms. The van der Waals surface area contributed by atoms with Gasteiger partial charge >= 0.3 is 6.08 Å². The minimum Gasteiger partial charge on any atom is -0.439 e. The molecule has 0 radical (unpaired) electrons. The molecule has 3 aromatic carbocycles. The van der Waals surface area contributed by atoms with Crippen LogP contribution < -0.4 is 10.1 Å². The number of fused-ring (bicyclic) bond motifs is 1. The van der Waals surface area contributed by atoms with Crippen LogP contribution in [-0.4, -0.2) is 22.7 Å². The van der Waals surface area contributed by atoms with Gasteiger partial charge in [-0.2, -0.15) is 4.98 Å². The van der Waals surface area contributed by atoms with Gasteiger partial charge in [0.25, 0.3) is 5.91 Å². The van der Waals surface area contributed by atoms with E-state index in [-0.39, 0.29) is 30.4 Å². The maximum absolute atomic E-state index is 13.0. The fourth-order valence-corrected chi connectivity index (χ4v) is 3.27. The van der Waals surface area contributed by atoms with Crippen LogP contribution in [0.15, 0.2) is 71.3 Å². The third kappa shape index (κ3) is 4.63. The Kier molecular flexibility index (Phi) is 5.70. The number of hydrogen-bond donors (Lipinski definition) is 1. The van der Waals surface area contributed by atoms with Crippen LogP contribution in [0.2, 0.25) is 0 Å². The van der Waals surface area contributed by atoms with Crippen molar-refractivity contribution in [3.05, 3.63) is 89.5 Å². The summed E-state index contributed by atoms with van der Waals surface area (Å²) in [6, 6.07) is 19.9. The summed E-state index contributed by atoms with van der Waals surface area (Å²) in [4.78, 5) is 16.4. The predicted molar refractivity (Wildman–Crippen MR) is 110 cm³/mol. The SMILES string of the molecule is CC(NC(=O)COc1nc(Cc2ccc(F)cc2)no1)c1cccc2ccccc12. The quantitative estimate of drug-likeness (QED) is 0.498. The lowest BCUT2D eigenvalue weighted by Gasteiger charge is -2.16. The molecular formula is C23H20FN3O3. The fourth-order valence-electron chi connectivity index (χ4n) is 3.27. The molecule has 1 atom stereocenters. The first kappa shape index (κ1) is 19.6. The van der Waals surface area contributed by atoms with E-state index in [4.69, 9.17) is 9.26 Å². The normalized spacial score (nSPS) is 11.9. The van der Waals surface area contributed by atoms with Crippen molar-refractivity contribution in [2.75, 3.05) is 6.61 Å². The van der Waals surface area contributed by atoms with Gasteiger partial charge in [0.1, 0.15) is 5.82 Å². The lowest BCUT2D eigenvalue weighted by molar-refractivity contribution is -0.124. The van der Waals surface area contributed by atoms with Gasteiger partial charge in [-0.3, -0.25) is 9.32 Å². The molecule has 1 amide bonds. The average molecular weight is 405 g/mol. The second-order valence-corrected chi connectivity index (χ2v) is 6.93. The molecule has 6 nitrogen and oxygen atoms in total. The van der Waals surface area contributed by atoms with Gasteiger partial charge in [-0.1, -0.05) is 59.8 Å². The molecule has 0 saturated carbocycles. The van der Waals surface area contributed by atoms with E-state index in [2.05, 4.69) is 15.5 Å². The Bertz CT molecular complexity index is 1150. The van der Waals surface area contributed by atoms with E-state index >= 15 is 0 Å². The first-order valence-corrected chi connectivity index (χ1v) is 9.55. The van der Waals surface area contributed by atoms with Gasteiger partial charge in [-0.05, 0) is 41.0 Å². The summed E-state index contributed by atoms with van der Waals surface area (Å²) >= 11 is 0. The number of nitrogens with one attached hydrogen (secondary N) is 1. The second kappa shape index (κ2) is 8.73. The van der Waals surface area contributed by atoms with Crippen molar-refractivity contribution in [3.63, 3.8) is 0 Å². The van der Waals surface area contributed by atoms with Crippen molar-refractivity contribution >= 4 is 16.7 Å². The van der Waals surface area contributed by atoms with E-state index < -0.39 is 0 Å². The molecule has 1 unspecified atom stereocenters. The molecule has 30 heavy (non-hydrogen) atoms. The summed E-state index contributed by atoms with van der Waals surface area (Å²) in [5.41, 5.74) is 1.87. The lowest BCUT2D eigenvalue weighted by atomic mass is 10.00. The van der Waals surface area contributed by atoms with Crippen molar-refractivity contribution < 1.29 is 18.4 Å². The zero-order valence-corrected chi connectivity index (χ0v) is 16.3. The Balaban J connectivity index is 1.32. The summed E-state index contributed by atoms with van der Waals surface area (Å²) in [6.07, 6.45) is 0.289. The fraction of sp³-hybridized carbons (Fsp3) is 0.174. The van der Waals surface area contributed by atoms with Gasteiger partial charge in [-0.25, -0.2) is 4.39 Å². The zero-order valence-electron chi connectivity index (χ0n) is 16.3. The monoisotopic (exact) mass is 405 g/mol. The van der Waals surface area contributed by atoms with Crippen LogP contribution in [0, 0.1) is 5.82 Å². The maximum Gasteiger partial charge on any atom is 0.417 e. The van der Waals surface area contributed by atoms with Crippen LogP contribution in [-0.2, 0) is 11.2 Å². The van der Waals surface area contributed by atoms with Crippen molar-refractivity contribution in [2.45, 2.75) is 19.4 Å². The number of aromatic nitrogens is 2. The van der Waals surface area contributed by atoms with E-state index in [0.29, 0.717) is 12.2 Å². The third-order valence-electron chi connectivity index (χ3n) is 4.72. The number of carbonyl (C=O) groups is 1. The van der Waals surface area contributed by atoms with Crippen LogP contribution in [0.4, 0.5) is 4.39 Å². The summed E-state index contributed by atoms with van der Waals surface area (Å²) in [5, 5.41) is 8.95. The second-order valence-electron chi connectivity index (χ2n) is 6.93. The smallest absolute Gasteiger partial charge is 0.417 e. The van der Waals surface area contributed by atoms with Crippen LogP contribution in [0.1, 0.15) is 29.9 Å². The molecule has 0 fully saturated rings. The molecule has 0 spiro atoms. The van der Waals surface area contributed by atoms with Crippen molar-refractivity contribution in [1.29, 1.82) is 0 Å². The van der Waals surface area contributed by atoms with Gasteiger partial charge in [0.05, 0.1) is 6.04 Å². The van der Waals surface area contributed by atoms with Crippen LogP contribution in [0.25, 0.3) is 10.8 Å². The molecule has 4 rings (SSSR count). The number of nitrogens with zero attached hydrogens (tertiary/aromatic N) is 2. The highest BCUT2D eigenvalue weighted by Crippen LogP contribution is 2.24. The molecule has 152 valence electrons. The molecule has 0 aliphatic heterocycles. The molecule has 7 heteroatoms. The number of hydrogen-bond acceptors (Lipinski definition) is 5. The molecule has 4 aromatic rings. The van der Waals surface area contributed by atoms with Gasteiger partial charge in [0, 0.05) is 6.42 Å². The Morgan fingerprint density at radius 1 is 1.10 bits per heavy atom. The molecule has 0 saturated heterocycles. The topological polar surface area (TPSA) is 77.2 Å². The van der Waals surface area contributed by atoms with E-state index in [1.165, 1.54) is 12.1 Å². The molecule has 0 aliphatic rings. The van der Waals surface area contributed by atoms with Crippen molar-refractivity contribution in [3.8, 4) is 6.08 Å². The molecular weight excluding hydrogens is 385 g/mol. The summed E-state index contributed by atoms with van der Waals surface area (Å²) in [6.45, 7) is 1.68. The third-order valence-corrected chi connectivity index (χ3v) is 4.72. The Labute approximate surface area is 172 Å². The first-order valence-electron chi connectivity index (χ1n) is 9.55. The average Bonchev–Trinajstić information content (AvgIpc) is 3.21. The molecule has 0 aliphatic carbocycles. The number of ether oxygens (including phenoxy) is 1. The highest BCUT2D eigenvalue weighted by molar-refractivity contribution is 5.87. The van der Waals surface area contributed by atoms with Crippen molar-refractivity contribution in [1.82, 2.24) is 15.5 Å². The highest BCUT2D eigenvalue weighted by Gasteiger charge is 2.15. The number of benzene rings is 3. The van der Waals surface area contributed by atoms with Gasteiger partial charge in [-0.15, -0.1) is 0 Å². The van der Waals surface area contributed by atoms with Crippen LogP contribution in [0.5, 0.6) is 6.08 Å². The van der Waals surface area contributed by atoms with E-state index in [1.807, 2.05) is 49.4 Å². The van der Waals surface area contributed by atoms with Crippen molar-refractivity contribution in [2.24, 2.45) is 0 Å². The van der Waals surface area contributed by atoms with E-state index in [1.54, 1.807) is 12.1 Å². The minimum atomic E-state index is -0.306. The standard InChI is InChI=1S/C23H20FN3O3/c1-15(19-8-4-6-17-5-2-3-7-20(17)19)25-22(28)14-29-23-26-21(27-30-23)13-16-9-11-18(24)12-10-16/h2-12,15H,13-14H2,1H3,(H,25,28). The summed E-state index contributed by atoms with van der Waals surface area (Å²) in [5.74, 6) is -0.213. The highest BCUT2D eigenvalue weighted by atomic mass is 19.1. The Morgan fingerprint density at radius 2 is 1.87 bits per heavy atom. The first-order chi connectivity index (χ1) is 14.6. The van der Waals surface area contributed by atoms with Crippen LogP contribution >= 0.6 is 0 Å². The van der Waals surface area contributed by atoms with E-state index in [9.17, 15) is 9.18 Å². The molecule has 1 heterocycles.